The zero-order valence-electron chi connectivity index (χ0n) is 15.5. The lowest BCUT2D eigenvalue weighted by Gasteiger charge is -2.11. The van der Waals surface area contributed by atoms with E-state index in [4.69, 9.17) is 10.5 Å². The minimum absolute atomic E-state index is 0.0194. The number of hydrogen-bond acceptors (Lipinski definition) is 7. The van der Waals surface area contributed by atoms with E-state index in [9.17, 15) is 19.1 Å². The van der Waals surface area contributed by atoms with Crippen molar-refractivity contribution in [1.29, 1.82) is 0 Å². The number of carbonyl (C=O) groups excluding carboxylic acids is 1. The van der Waals surface area contributed by atoms with Crippen LogP contribution in [0.3, 0.4) is 0 Å². The highest BCUT2D eigenvalue weighted by molar-refractivity contribution is 7.09. The van der Waals surface area contributed by atoms with Crippen LogP contribution in [-0.2, 0) is 22.4 Å². The molecule has 29 heavy (non-hydrogen) atoms. The first-order valence-electron chi connectivity index (χ1n) is 8.65. The van der Waals surface area contributed by atoms with E-state index in [1.165, 1.54) is 19.2 Å². The standard InChI is InChI=1S/C20H19FN2O5S/c1-27-19(25)16(22)9-12-4-7-14(10-15(12)21)28-13-5-2-11(3-6-13)8-17-18(24)23-20(26)29-17/h2-7,10,16,24H,8-9,22H2,1H3,(H,23,26). The van der Waals surface area contributed by atoms with Gasteiger partial charge in [-0.2, -0.15) is 0 Å². The van der Waals surface area contributed by atoms with Gasteiger partial charge in [0.1, 0.15) is 23.4 Å². The van der Waals surface area contributed by atoms with Crippen LogP contribution in [0.25, 0.3) is 0 Å². The number of aromatic hydroxyl groups is 1. The van der Waals surface area contributed by atoms with Crippen LogP contribution in [0.4, 0.5) is 4.39 Å². The van der Waals surface area contributed by atoms with Gasteiger partial charge in [-0.15, -0.1) is 0 Å². The summed E-state index contributed by atoms with van der Waals surface area (Å²) < 4.78 is 24.5. The maximum absolute atomic E-state index is 14.3. The zero-order chi connectivity index (χ0) is 21.0. The van der Waals surface area contributed by atoms with Gasteiger partial charge in [0.15, 0.2) is 0 Å². The predicted molar refractivity (Wildman–Crippen MR) is 106 cm³/mol. The van der Waals surface area contributed by atoms with Crippen LogP contribution < -0.4 is 15.3 Å². The molecule has 0 radical (unpaired) electrons. The molecule has 1 unspecified atom stereocenters. The van der Waals surface area contributed by atoms with Crippen molar-refractivity contribution in [3.05, 3.63) is 74.0 Å². The summed E-state index contributed by atoms with van der Waals surface area (Å²) >= 11 is 0.954. The lowest BCUT2D eigenvalue weighted by molar-refractivity contribution is -0.142. The van der Waals surface area contributed by atoms with E-state index in [1.807, 2.05) is 0 Å². The number of thiazole rings is 1. The Morgan fingerprint density at radius 3 is 2.52 bits per heavy atom. The van der Waals surface area contributed by atoms with Gasteiger partial charge in [-0.05, 0) is 29.3 Å². The molecule has 152 valence electrons. The molecule has 1 aromatic heterocycles. The van der Waals surface area contributed by atoms with Gasteiger partial charge in [0.2, 0.25) is 5.88 Å². The van der Waals surface area contributed by atoms with E-state index in [0.717, 1.165) is 16.9 Å². The van der Waals surface area contributed by atoms with E-state index in [-0.39, 0.29) is 22.7 Å². The number of benzene rings is 2. The fraction of sp³-hybridized carbons (Fsp3) is 0.200. The van der Waals surface area contributed by atoms with Crippen molar-refractivity contribution >= 4 is 17.3 Å². The number of rotatable bonds is 7. The van der Waals surface area contributed by atoms with Crippen LogP contribution in [0.2, 0.25) is 0 Å². The predicted octanol–water partition coefficient (Wildman–Crippen LogP) is 2.71. The van der Waals surface area contributed by atoms with Gasteiger partial charge in [-0.3, -0.25) is 14.6 Å². The number of carbonyl (C=O) groups is 1. The molecule has 1 heterocycles. The summed E-state index contributed by atoms with van der Waals surface area (Å²) in [5.41, 5.74) is 6.83. The van der Waals surface area contributed by atoms with E-state index < -0.39 is 17.8 Å². The molecule has 4 N–H and O–H groups in total. The van der Waals surface area contributed by atoms with E-state index >= 15 is 0 Å². The molecule has 0 spiro atoms. The van der Waals surface area contributed by atoms with Gasteiger partial charge in [0.25, 0.3) is 0 Å². The molecule has 0 aliphatic rings. The molecule has 0 fully saturated rings. The number of esters is 1. The molecule has 7 nitrogen and oxygen atoms in total. The van der Waals surface area contributed by atoms with Crippen LogP contribution in [0.1, 0.15) is 16.0 Å². The van der Waals surface area contributed by atoms with Crippen molar-refractivity contribution in [2.75, 3.05) is 7.11 Å². The van der Waals surface area contributed by atoms with Crippen molar-refractivity contribution in [3.8, 4) is 17.4 Å². The van der Waals surface area contributed by atoms with Crippen molar-refractivity contribution in [3.63, 3.8) is 0 Å². The summed E-state index contributed by atoms with van der Waals surface area (Å²) in [5, 5.41) is 9.65. The smallest absolute Gasteiger partial charge is 0.322 e. The van der Waals surface area contributed by atoms with E-state index in [1.54, 1.807) is 30.3 Å². The minimum Gasteiger partial charge on any atom is -0.494 e. The number of H-pyrrole nitrogens is 1. The second-order valence-corrected chi connectivity index (χ2v) is 7.36. The molecule has 3 aromatic rings. The van der Waals surface area contributed by atoms with Crippen molar-refractivity contribution in [2.45, 2.75) is 18.9 Å². The summed E-state index contributed by atoms with van der Waals surface area (Å²) in [6, 6.07) is 10.4. The topological polar surface area (TPSA) is 115 Å². The highest BCUT2D eigenvalue weighted by Gasteiger charge is 2.17. The molecule has 0 amide bonds. The number of aromatic nitrogens is 1. The molecule has 0 saturated carbocycles. The molecular weight excluding hydrogens is 399 g/mol. The Kier molecular flexibility index (Phi) is 6.30. The largest absolute Gasteiger partial charge is 0.494 e. The molecule has 0 saturated heterocycles. The fourth-order valence-corrected chi connectivity index (χ4v) is 3.46. The lowest BCUT2D eigenvalue weighted by atomic mass is 10.1. The molecule has 9 heteroatoms. The third-order valence-electron chi connectivity index (χ3n) is 4.19. The van der Waals surface area contributed by atoms with Crippen LogP contribution in [0, 0.1) is 5.82 Å². The summed E-state index contributed by atoms with van der Waals surface area (Å²) in [5.74, 6) is -0.463. The number of aromatic amines is 1. The normalized spacial score (nSPS) is 11.8. The molecule has 0 aliphatic heterocycles. The SMILES string of the molecule is COC(=O)C(N)Cc1ccc(Oc2ccc(Cc3sc(=O)[nH]c3O)cc2)cc1F. The first kappa shape index (κ1) is 20.6. The van der Waals surface area contributed by atoms with Gasteiger partial charge in [-0.25, -0.2) is 4.39 Å². The van der Waals surface area contributed by atoms with Gasteiger partial charge < -0.3 is 20.3 Å². The summed E-state index contributed by atoms with van der Waals surface area (Å²) in [7, 11) is 1.23. The maximum Gasteiger partial charge on any atom is 0.322 e. The molecule has 0 bridgehead atoms. The van der Waals surface area contributed by atoms with Gasteiger partial charge in [0.05, 0.1) is 12.0 Å². The van der Waals surface area contributed by atoms with Crippen molar-refractivity contribution < 1.29 is 23.8 Å². The average molecular weight is 418 g/mol. The lowest BCUT2D eigenvalue weighted by Crippen LogP contribution is -2.33. The summed E-state index contributed by atoms with van der Waals surface area (Å²) in [6.07, 6.45) is 0.421. The molecule has 1 atom stereocenters. The Balaban J connectivity index is 1.65. The first-order valence-corrected chi connectivity index (χ1v) is 9.47. The number of ether oxygens (including phenoxy) is 2. The maximum atomic E-state index is 14.3. The van der Waals surface area contributed by atoms with Crippen LogP contribution in [-0.4, -0.2) is 29.2 Å². The van der Waals surface area contributed by atoms with Crippen LogP contribution in [0.15, 0.2) is 47.3 Å². The number of methoxy groups -OCH3 is 1. The van der Waals surface area contributed by atoms with E-state index in [0.29, 0.717) is 22.8 Å². The number of nitrogens with one attached hydrogen (secondary N) is 1. The van der Waals surface area contributed by atoms with Gasteiger partial charge >= 0.3 is 10.8 Å². The Morgan fingerprint density at radius 1 is 1.24 bits per heavy atom. The fourth-order valence-electron chi connectivity index (χ4n) is 2.70. The van der Waals surface area contributed by atoms with Gasteiger partial charge in [-0.1, -0.05) is 29.5 Å². The van der Waals surface area contributed by atoms with E-state index in [2.05, 4.69) is 9.72 Å². The molecule has 3 rings (SSSR count). The highest BCUT2D eigenvalue weighted by atomic mass is 32.1. The van der Waals surface area contributed by atoms with Crippen molar-refractivity contribution in [2.24, 2.45) is 5.73 Å². The van der Waals surface area contributed by atoms with Crippen LogP contribution >= 0.6 is 11.3 Å². The summed E-state index contributed by atoms with van der Waals surface area (Å²) in [4.78, 5) is 25.2. The second kappa shape index (κ2) is 8.89. The molecule has 2 aromatic carbocycles. The first-order chi connectivity index (χ1) is 13.9. The third-order valence-corrected chi connectivity index (χ3v) is 5.06. The molecular formula is C20H19FN2O5S. The van der Waals surface area contributed by atoms with Gasteiger partial charge in [0, 0.05) is 18.9 Å². The average Bonchev–Trinajstić information content (AvgIpc) is 3.01. The van der Waals surface area contributed by atoms with Crippen molar-refractivity contribution in [1.82, 2.24) is 4.98 Å². The monoisotopic (exact) mass is 418 g/mol. The zero-order valence-corrected chi connectivity index (χ0v) is 16.3. The number of hydrogen-bond donors (Lipinski definition) is 3. The Bertz CT molecular complexity index is 1060. The summed E-state index contributed by atoms with van der Waals surface area (Å²) in [6.45, 7) is 0. The molecule has 0 aliphatic carbocycles. The quantitative estimate of drug-likeness (QED) is 0.508. The Hall–Kier alpha value is -3.17. The Labute approximate surface area is 169 Å². The minimum atomic E-state index is -0.938. The third kappa shape index (κ3) is 5.21. The number of halogens is 1. The second-order valence-electron chi connectivity index (χ2n) is 6.30. The highest BCUT2D eigenvalue weighted by Crippen LogP contribution is 2.26. The number of nitrogens with two attached hydrogens (primary N) is 1. The Morgan fingerprint density at radius 2 is 1.93 bits per heavy atom. The van der Waals surface area contributed by atoms with Crippen LogP contribution in [0.5, 0.6) is 17.4 Å².